The molecule has 0 atom stereocenters. The number of hydrogen-bond acceptors (Lipinski definition) is 8. The third kappa shape index (κ3) is 12.5. The molecule has 0 aromatic heterocycles. The lowest BCUT2D eigenvalue weighted by atomic mass is 9.91. The van der Waals surface area contributed by atoms with Crippen LogP contribution in [-0.2, 0) is 23.8 Å². The molecular formula is C32H42O8. The van der Waals surface area contributed by atoms with Crippen LogP contribution < -0.4 is 9.47 Å². The number of hydrogen-bond donors (Lipinski definition) is 0. The molecule has 0 aliphatic rings. The van der Waals surface area contributed by atoms with E-state index in [9.17, 15) is 14.4 Å². The van der Waals surface area contributed by atoms with Crippen LogP contribution in [0.4, 0.5) is 0 Å². The molecule has 0 unspecified atom stereocenters. The maximum absolute atomic E-state index is 12.5. The highest BCUT2D eigenvalue weighted by atomic mass is 16.6. The average Bonchev–Trinajstić information content (AvgIpc) is 2.96. The Balaban J connectivity index is 1.63. The molecular weight excluding hydrogens is 512 g/mol. The molecule has 0 aliphatic heterocycles. The number of unbranched alkanes of at least 4 members (excludes halogenated alkanes) is 4. The molecule has 0 bridgehead atoms. The van der Waals surface area contributed by atoms with Crippen LogP contribution in [0.1, 0.15) is 75.2 Å². The monoisotopic (exact) mass is 554 g/mol. The van der Waals surface area contributed by atoms with Crippen molar-refractivity contribution in [3.63, 3.8) is 0 Å². The average molecular weight is 555 g/mol. The highest BCUT2D eigenvalue weighted by Crippen LogP contribution is 2.22. The normalized spacial score (nSPS) is 11.3. The van der Waals surface area contributed by atoms with Crippen molar-refractivity contribution < 1.29 is 38.1 Å². The fourth-order valence-electron chi connectivity index (χ4n) is 3.37. The van der Waals surface area contributed by atoms with Crippen molar-refractivity contribution in [2.75, 3.05) is 33.5 Å². The zero-order valence-corrected chi connectivity index (χ0v) is 24.1. The van der Waals surface area contributed by atoms with Gasteiger partial charge in [0, 0.05) is 13.2 Å². The van der Waals surface area contributed by atoms with Crippen molar-refractivity contribution in [2.45, 2.75) is 59.3 Å². The molecule has 0 saturated carbocycles. The van der Waals surface area contributed by atoms with Crippen LogP contribution in [0.3, 0.4) is 0 Å². The summed E-state index contributed by atoms with van der Waals surface area (Å²) in [6.07, 6.45) is 8.62. The van der Waals surface area contributed by atoms with E-state index in [1.807, 2.05) is 20.8 Å². The fraction of sp³-hybridized carbons (Fsp3) is 0.469. The van der Waals surface area contributed by atoms with E-state index >= 15 is 0 Å². The first-order valence-corrected chi connectivity index (χ1v) is 13.8. The van der Waals surface area contributed by atoms with Gasteiger partial charge in [0.2, 0.25) is 0 Å². The summed E-state index contributed by atoms with van der Waals surface area (Å²) in [4.78, 5) is 36.0. The quantitative estimate of drug-likeness (QED) is 0.0902. The zero-order chi connectivity index (χ0) is 29.2. The van der Waals surface area contributed by atoms with Crippen LogP contribution in [0.15, 0.2) is 54.6 Å². The van der Waals surface area contributed by atoms with Crippen LogP contribution in [0.25, 0.3) is 6.08 Å². The first-order chi connectivity index (χ1) is 19.2. The Morgan fingerprint density at radius 1 is 0.750 bits per heavy atom. The molecule has 40 heavy (non-hydrogen) atoms. The Kier molecular flexibility index (Phi) is 14.5. The first-order valence-electron chi connectivity index (χ1n) is 13.8. The summed E-state index contributed by atoms with van der Waals surface area (Å²) < 4.78 is 26.4. The van der Waals surface area contributed by atoms with Crippen molar-refractivity contribution in [3.05, 3.63) is 65.7 Å². The van der Waals surface area contributed by atoms with E-state index in [1.54, 1.807) is 54.6 Å². The van der Waals surface area contributed by atoms with E-state index in [2.05, 4.69) is 0 Å². The minimum Gasteiger partial charge on any atom is -0.494 e. The summed E-state index contributed by atoms with van der Waals surface area (Å²) in [6, 6.07) is 13.6. The van der Waals surface area contributed by atoms with Crippen LogP contribution in [0, 0.1) is 5.41 Å². The summed E-state index contributed by atoms with van der Waals surface area (Å²) in [5, 5.41) is 0. The highest BCUT2D eigenvalue weighted by molar-refractivity contribution is 5.91. The maximum Gasteiger partial charge on any atom is 0.343 e. The fourth-order valence-corrected chi connectivity index (χ4v) is 3.37. The number of carbonyl (C=O) groups excluding carboxylic acids is 3. The molecule has 2 aromatic rings. The van der Waals surface area contributed by atoms with Crippen LogP contribution >= 0.6 is 0 Å². The lowest BCUT2D eigenvalue weighted by molar-refractivity contribution is -0.154. The van der Waals surface area contributed by atoms with E-state index in [-0.39, 0.29) is 12.6 Å². The number of benzene rings is 2. The third-order valence-corrected chi connectivity index (χ3v) is 6.35. The van der Waals surface area contributed by atoms with Gasteiger partial charge in [0.15, 0.2) is 0 Å². The molecule has 0 fully saturated rings. The van der Waals surface area contributed by atoms with Gasteiger partial charge in [0.25, 0.3) is 0 Å². The largest absolute Gasteiger partial charge is 0.494 e. The van der Waals surface area contributed by atoms with Gasteiger partial charge in [-0.1, -0.05) is 38.3 Å². The van der Waals surface area contributed by atoms with E-state index < -0.39 is 17.4 Å². The number of rotatable bonds is 18. The second kappa shape index (κ2) is 17.8. The predicted octanol–water partition coefficient (Wildman–Crippen LogP) is 6.42. The van der Waals surface area contributed by atoms with Gasteiger partial charge < -0.3 is 23.7 Å². The second-order valence-electron chi connectivity index (χ2n) is 9.97. The molecule has 0 heterocycles. The standard InChI is InChI=1S/C32H42O8/c1-5-32(2,3)31(35)39-22-10-8-6-7-9-21-37-27-18-14-26(15-19-27)30(34)40-28-16-11-25(12-17-28)13-20-29(33)38-24-23-36-4/h11-20H,5-10,21-24H2,1-4H3/b20-13+. The summed E-state index contributed by atoms with van der Waals surface area (Å²) in [7, 11) is 1.54. The maximum atomic E-state index is 12.5. The number of esters is 3. The van der Waals surface area contributed by atoms with Crippen molar-refractivity contribution in [2.24, 2.45) is 5.41 Å². The van der Waals surface area contributed by atoms with Gasteiger partial charge in [-0.3, -0.25) is 4.79 Å². The number of ether oxygens (including phenoxy) is 5. The third-order valence-electron chi connectivity index (χ3n) is 6.35. The van der Waals surface area contributed by atoms with Gasteiger partial charge in [0.05, 0.1) is 30.8 Å². The lowest BCUT2D eigenvalue weighted by Crippen LogP contribution is -2.26. The summed E-state index contributed by atoms with van der Waals surface area (Å²) in [6.45, 7) is 7.41. The van der Waals surface area contributed by atoms with Gasteiger partial charge in [0.1, 0.15) is 18.1 Å². The molecule has 0 aliphatic carbocycles. The van der Waals surface area contributed by atoms with E-state index in [0.717, 1.165) is 44.1 Å². The molecule has 0 spiro atoms. The van der Waals surface area contributed by atoms with Crippen molar-refractivity contribution in [1.29, 1.82) is 0 Å². The first kappa shape index (κ1) is 32.6. The van der Waals surface area contributed by atoms with Gasteiger partial charge in [-0.25, -0.2) is 9.59 Å². The van der Waals surface area contributed by atoms with Gasteiger partial charge in [-0.2, -0.15) is 0 Å². The Hall–Kier alpha value is -3.65. The zero-order valence-electron chi connectivity index (χ0n) is 24.1. The lowest BCUT2D eigenvalue weighted by Gasteiger charge is -2.20. The summed E-state index contributed by atoms with van der Waals surface area (Å²) in [5.41, 5.74) is 0.769. The van der Waals surface area contributed by atoms with Crippen LogP contribution in [-0.4, -0.2) is 51.4 Å². The van der Waals surface area contributed by atoms with Gasteiger partial charge in [-0.05, 0) is 81.1 Å². The van der Waals surface area contributed by atoms with Gasteiger partial charge >= 0.3 is 17.9 Å². The van der Waals surface area contributed by atoms with Crippen molar-refractivity contribution in [1.82, 2.24) is 0 Å². The smallest absolute Gasteiger partial charge is 0.343 e. The molecule has 2 rings (SSSR count). The molecule has 0 amide bonds. The van der Waals surface area contributed by atoms with Crippen LogP contribution in [0.5, 0.6) is 11.5 Å². The van der Waals surface area contributed by atoms with Crippen molar-refractivity contribution in [3.8, 4) is 11.5 Å². The Morgan fingerprint density at radius 3 is 2.02 bits per heavy atom. The Morgan fingerprint density at radius 2 is 1.38 bits per heavy atom. The van der Waals surface area contributed by atoms with E-state index in [1.165, 1.54) is 13.2 Å². The molecule has 8 heteroatoms. The number of carbonyl (C=O) groups is 3. The second-order valence-corrected chi connectivity index (χ2v) is 9.97. The molecule has 0 saturated heterocycles. The topological polar surface area (TPSA) is 97.4 Å². The Labute approximate surface area is 237 Å². The summed E-state index contributed by atoms with van der Waals surface area (Å²) >= 11 is 0. The number of methoxy groups -OCH3 is 1. The van der Waals surface area contributed by atoms with E-state index in [4.69, 9.17) is 23.7 Å². The molecule has 0 N–H and O–H groups in total. The predicted molar refractivity (Wildman–Crippen MR) is 153 cm³/mol. The SMILES string of the molecule is CCC(C)(C)C(=O)OCCCCCCCOc1ccc(C(=O)Oc2ccc(/C=C/C(=O)OCCOC)cc2)cc1. The van der Waals surface area contributed by atoms with Crippen LogP contribution in [0.2, 0.25) is 0 Å². The molecule has 0 radical (unpaired) electrons. The van der Waals surface area contributed by atoms with E-state index in [0.29, 0.717) is 36.9 Å². The minimum absolute atomic E-state index is 0.124. The minimum atomic E-state index is -0.472. The molecule has 218 valence electrons. The van der Waals surface area contributed by atoms with Gasteiger partial charge in [-0.15, -0.1) is 0 Å². The van der Waals surface area contributed by atoms with Crippen molar-refractivity contribution >= 4 is 24.0 Å². The molecule has 8 nitrogen and oxygen atoms in total. The molecule has 2 aromatic carbocycles. The Bertz CT molecular complexity index is 1070. The summed E-state index contributed by atoms with van der Waals surface area (Å²) in [5.74, 6) is 0.0384. The highest BCUT2D eigenvalue weighted by Gasteiger charge is 2.26.